The van der Waals surface area contributed by atoms with Crippen molar-refractivity contribution in [3.05, 3.63) is 52.4 Å². The van der Waals surface area contributed by atoms with E-state index in [1.807, 2.05) is 25.1 Å². The van der Waals surface area contributed by atoms with Gasteiger partial charge >= 0.3 is 0 Å². The van der Waals surface area contributed by atoms with Gasteiger partial charge in [-0.15, -0.1) is 11.8 Å². The summed E-state index contributed by atoms with van der Waals surface area (Å²) >= 11 is 1.51. The summed E-state index contributed by atoms with van der Waals surface area (Å²) in [7, 11) is 0. The lowest BCUT2D eigenvalue weighted by Gasteiger charge is -2.10. The third kappa shape index (κ3) is 4.70. The Morgan fingerprint density at radius 2 is 2.12 bits per heavy atom. The van der Waals surface area contributed by atoms with Gasteiger partial charge in [0, 0.05) is 29.7 Å². The van der Waals surface area contributed by atoms with E-state index in [1.165, 1.54) is 28.6 Å². The van der Waals surface area contributed by atoms with Gasteiger partial charge in [0.25, 0.3) is 11.5 Å². The number of rotatable bonds is 7. The Bertz CT molecular complexity index is 811. The number of hydrogen-bond acceptors (Lipinski definition) is 5. The van der Waals surface area contributed by atoms with E-state index in [1.54, 1.807) is 6.07 Å². The van der Waals surface area contributed by atoms with Gasteiger partial charge in [0.05, 0.1) is 11.8 Å². The maximum Gasteiger partial charge on any atom is 0.276 e. The van der Waals surface area contributed by atoms with Crippen molar-refractivity contribution in [1.29, 1.82) is 5.26 Å². The van der Waals surface area contributed by atoms with Gasteiger partial charge in [-0.25, -0.2) is 4.68 Å². The fraction of sp³-hybridized carbons (Fsp3) is 0.294. The van der Waals surface area contributed by atoms with Gasteiger partial charge in [-0.2, -0.15) is 10.4 Å². The molecule has 7 heteroatoms. The maximum atomic E-state index is 12.4. The molecule has 2 rings (SSSR count). The molecule has 1 aromatic heterocycles. The average Bonchev–Trinajstić information content (AvgIpc) is 2.58. The first-order valence-corrected chi connectivity index (χ1v) is 8.62. The third-order valence-corrected chi connectivity index (χ3v) is 4.22. The first-order valence-electron chi connectivity index (χ1n) is 7.64. The van der Waals surface area contributed by atoms with E-state index in [0.29, 0.717) is 24.4 Å². The van der Waals surface area contributed by atoms with E-state index in [9.17, 15) is 9.59 Å². The van der Waals surface area contributed by atoms with Gasteiger partial charge in [-0.1, -0.05) is 19.1 Å². The van der Waals surface area contributed by atoms with Crippen LogP contribution >= 0.6 is 11.8 Å². The third-order valence-electron chi connectivity index (χ3n) is 3.14. The van der Waals surface area contributed by atoms with Crippen LogP contribution in [0.3, 0.4) is 0 Å². The van der Waals surface area contributed by atoms with E-state index in [0.717, 1.165) is 11.3 Å². The zero-order chi connectivity index (χ0) is 17.4. The lowest BCUT2D eigenvalue weighted by atomic mass is 10.3. The lowest BCUT2D eigenvalue weighted by Crippen LogP contribution is -2.26. The van der Waals surface area contributed by atoms with Crippen LogP contribution in [0.25, 0.3) is 0 Å². The van der Waals surface area contributed by atoms with Crippen molar-refractivity contribution in [2.45, 2.75) is 31.2 Å². The molecule has 1 aromatic carbocycles. The van der Waals surface area contributed by atoms with Crippen LogP contribution in [0.5, 0.6) is 0 Å². The Morgan fingerprint density at radius 1 is 1.33 bits per heavy atom. The van der Waals surface area contributed by atoms with Crippen molar-refractivity contribution in [1.82, 2.24) is 9.78 Å². The van der Waals surface area contributed by atoms with Crippen LogP contribution in [0, 0.1) is 11.3 Å². The van der Waals surface area contributed by atoms with Crippen LogP contribution in [0.4, 0.5) is 5.69 Å². The summed E-state index contributed by atoms with van der Waals surface area (Å²) in [6.45, 7) is 2.41. The highest BCUT2D eigenvalue weighted by molar-refractivity contribution is 7.99. The molecular formula is C17H18N4O2S. The summed E-state index contributed by atoms with van der Waals surface area (Å²) in [5, 5.41) is 15.6. The zero-order valence-electron chi connectivity index (χ0n) is 13.4. The Balaban J connectivity index is 2.17. The molecule has 0 bridgehead atoms. The zero-order valence-corrected chi connectivity index (χ0v) is 14.2. The smallest absolute Gasteiger partial charge is 0.276 e. The van der Waals surface area contributed by atoms with E-state index in [-0.39, 0.29) is 17.2 Å². The number of para-hydroxylation sites is 1. The molecule has 0 atom stereocenters. The van der Waals surface area contributed by atoms with Crippen molar-refractivity contribution in [2.24, 2.45) is 0 Å². The molecule has 0 saturated heterocycles. The molecule has 1 heterocycles. The Kier molecular flexibility index (Phi) is 6.58. The largest absolute Gasteiger partial charge is 0.320 e. The van der Waals surface area contributed by atoms with Crippen molar-refractivity contribution in [2.75, 3.05) is 11.1 Å². The number of thioether (sulfide) groups is 1. The van der Waals surface area contributed by atoms with Crippen LogP contribution in [-0.2, 0) is 6.54 Å². The van der Waals surface area contributed by atoms with E-state index < -0.39 is 0 Å². The second-order valence-corrected chi connectivity index (χ2v) is 6.12. The quantitative estimate of drug-likeness (QED) is 0.617. The molecule has 0 saturated carbocycles. The molecule has 0 spiro atoms. The fourth-order valence-electron chi connectivity index (χ4n) is 2.03. The van der Waals surface area contributed by atoms with Gasteiger partial charge in [0.15, 0.2) is 0 Å². The molecule has 0 unspecified atom stereocenters. The van der Waals surface area contributed by atoms with Crippen molar-refractivity contribution < 1.29 is 4.79 Å². The number of nitrogens with one attached hydrogen (secondary N) is 1. The van der Waals surface area contributed by atoms with Crippen LogP contribution in [-0.4, -0.2) is 21.4 Å². The molecule has 24 heavy (non-hydrogen) atoms. The van der Waals surface area contributed by atoms with Crippen LogP contribution in [0.2, 0.25) is 0 Å². The molecule has 6 nitrogen and oxygen atoms in total. The first-order chi connectivity index (χ1) is 11.7. The van der Waals surface area contributed by atoms with Gasteiger partial charge in [-0.3, -0.25) is 9.59 Å². The summed E-state index contributed by atoms with van der Waals surface area (Å²) < 4.78 is 1.29. The second-order valence-electron chi connectivity index (χ2n) is 4.99. The highest BCUT2D eigenvalue weighted by Crippen LogP contribution is 2.27. The monoisotopic (exact) mass is 342 g/mol. The Morgan fingerprint density at radius 3 is 2.88 bits per heavy atom. The second kappa shape index (κ2) is 8.89. The minimum absolute atomic E-state index is 0.194. The van der Waals surface area contributed by atoms with Gasteiger partial charge in [0.1, 0.15) is 5.69 Å². The Labute approximate surface area is 144 Å². The molecule has 124 valence electrons. The number of aryl methyl sites for hydroxylation is 1. The predicted octanol–water partition coefficient (Wildman–Crippen LogP) is 2.91. The van der Waals surface area contributed by atoms with Crippen LogP contribution in [0.15, 0.2) is 46.1 Å². The van der Waals surface area contributed by atoms with E-state index in [4.69, 9.17) is 5.26 Å². The normalized spacial score (nSPS) is 10.2. The van der Waals surface area contributed by atoms with E-state index in [2.05, 4.69) is 16.5 Å². The average molecular weight is 342 g/mol. The topological polar surface area (TPSA) is 87.8 Å². The minimum Gasteiger partial charge on any atom is -0.320 e. The summed E-state index contributed by atoms with van der Waals surface area (Å²) in [5.74, 6) is 0.288. The molecule has 0 radical (unpaired) electrons. The molecule has 0 fully saturated rings. The Hall–Kier alpha value is -2.59. The van der Waals surface area contributed by atoms with Gasteiger partial charge in [0.2, 0.25) is 0 Å². The summed E-state index contributed by atoms with van der Waals surface area (Å²) in [6.07, 6.45) is 1.20. The number of nitriles is 1. The minimum atomic E-state index is -0.367. The highest BCUT2D eigenvalue weighted by atomic mass is 32.2. The first kappa shape index (κ1) is 17.8. The van der Waals surface area contributed by atoms with Crippen molar-refractivity contribution in [3.63, 3.8) is 0 Å². The van der Waals surface area contributed by atoms with Crippen LogP contribution in [0.1, 0.15) is 30.3 Å². The number of anilines is 1. The van der Waals surface area contributed by atoms with Gasteiger partial charge in [-0.05, 0) is 24.6 Å². The molecule has 1 N–H and O–H groups in total. The number of aromatic nitrogens is 2. The summed E-state index contributed by atoms with van der Waals surface area (Å²) in [5.41, 5.74) is 0.640. The maximum absolute atomic E-state index is 12.4. The van der Waals surface area contributed by atoms with E-state index >= 15 is 0 Å². The standard InChI is InChI=1S/C17H18N4O2S/c1-2-11-21-16(22)9-8-14(20-21)17(23)19-13-6-3-4-7-15(13)24-12-5-10-18/h3-4,6-9H,2,5,11-12H2,1H3,(H,19,23). The number of hydrogen-bond donors (Lipinski definition) is 1. The van der Waals surface area contributed by atoms with Crippen molar-refractivity contribution in [3.8, 4) is 6.07 Å². The lowest BCUT2D eigenvalue weighted by molar-refractivity contribution is 0.101. The number of benzene rings is 1. The number of carbonyl (C=O) groups is 1. The molecule has 1 amide bonds. The van der Waals surface area contributed by atoms with Crippen molar-refractivity contribution >= 4 is 23.4 Å². The number of carbonyl (C=O) groups excluding carboxylic acids is 1. The molecule has 0 aliphatic rings. The summed E-state index contributed by atoms with van der Waals surface area (Å²) in [4.78, 5) is 25.0. The molecular weight excluding hydrogens is 324 g/mol. The SMILES string of the molecule is CCCn1nc(C(=O)Nc2ccccc2SCCC#N)ccc1=O. The van der Waals surface area contributed by atoms with Gasteiger partial charge < -0.3 is 5.32 Å². The number of amides is 1. The molecule has 2 aromatic rings. The van der Waals surface area contributed by atoms with Crippen LogP contribution < -0.4 is 10.9 Å². The number of nitrogens with zero attached hydrogens (tertiary/aromatic N) is 3. The summed E-state index contributed by atoms with van der Waals surface area (Å²) in [6, 6.07) is 12.3. The molecule has 0 aliphatic carbocycles. The molecule has 0 aliphatic heterocycles. The fourth-order valence-corrected chi connectivity index (χ4v) is 2.89. The predicted molar refractivity (Wildman–Crippen MR) is 94.1 cm³/mol. The highest BCUT2D eigenvalue weighted by Gasteiger charge is 2.12.